The molecule has 0 spiro atoms. The van der Waals surface area contributed by atoms with Gasteiger partial charge in [-0.2, -0.15) is 4.31 Å². The van der Waals surface area contributed by atoms with Crippen molar-refractivity contribution in [1.29, 1.82) is 0 Å². The van der Waals surface area contributed by atoms with Crippen LogP contribution in [0.1, 0.15) is 19.8 Å². The summed E-state index contributed by atoms with van der Waals surface area (Å²) < 4.78 is 53.0. The lowest BCUT2D eigenvalue weighted by molar-refractivity contribution is 0.380. The molecule has 1 heterocycles. The molecule has 118 valence electrons. The van der Waals surface area contributed by atoms with E-state index in [0.29, 0.717) is 19.5 Å². The SMILES string of the molecule is CCCCS(=O)(=O)N1CCN(c2c(F)cccc2F)CC1. The normalized spacial score (nSPS) is 17.2. The maximum Gasteiger partial charge on any atom is 0.214 e. The molecule has 0 radical (unpaired) electrons. The van der Waals surface area contributed by atoms with E-state index in [9.17, 15) is 17.2 Å². The number of piperazine rings is 1. The molecule has 1 aliphatic rings. The smallest absolute Gasteiger partial charge is 0.214 e. The van der Waals surface area contributed by atoms with E-state index in [4.69, 9.17) is 0 Å². The van der Waals surface area contributed by atoms with Gasteiger partial charge in [0.25, 0.3) is 0 Å². The lowest BCUT2D eigenvalue weighted by atomic mass is 10.2. The van der Waals surface area contributed by atoms with E-state index in [1.165, 1.54) is 22.5 Å². The first-order valence-corrected chi connectivity index (χ1v) is 8.73. The van der Waals surface area contributed by atoms with Crippen LogP contribution in [0.15, 0.2) is 18.2 Å². The van der Waals surface area contributed by atoms with Gasteiger partial charge in [-0.3, -0.25) is 0 Å². The molecule has 4 nitrogen and oxygen atoms in total. The Morgan fingerprint density at radius 3 is 2.19 bits per heavy atom. The fourth-order valence-corrected chi connectivity index (χ4v) is 4.07. The van der Waals surface area contributed by atoms with Crippen molar-refractivity contribution in [2.24, 2.45) is 0 Å². The second kappa shape index (κ2) is 6.70. The van der Waals surface area contributed by atoms with E-state index in [1.54, 1.807) is 4.90 Å². The summed E-state index contributed by atoms with van der Waals surface area (Å²) in [7, 11) is -3.25. The number of halogens is 2. The largest absolute Gasteiger partial charge is 0.364 e. The molecule has 0 bridgehead atoms. The van der Waals surface area contributed by atoms with E-state index in [2.05, 4.69) is 0 Å². The van der Waals surface area contributed by atoms with E-state index in [-0.39, 0.29) is 24.5 Å². The zero-order valence-electron chi connectivity index (χ0n) is 12.1. The van der Waals surface area contributed by atoms with Gasteiger partial charge in [0.05, 0.1) is 5.75 Å². The Labute approximate surface area is 124 Å². The molecule has 0 saturated carbocycles. The van der Waals surface area contributed by atoms with Crippen molar-refractivity contribution < 1.29 is 17.2 Å². The average molecular weight is 318 g/mol. The van der Waals surface area contributed by atoms with Crippen molar-refractivity contribution in [3.8, 4) is 0 Å². The summed E-state index contributed by atoms with van der Waals surface area (Å²) in [6.45, 7) is 3.06. The van der Waals surface area contributed by atoms with Crippen LogP contribution in [0.2, 0.25) is 0 Å². The molecule has 0 atom stereocenters. The molecule has 0 N–H and O–H groups in total. The predicted octanol–water partition coefficient (Wildman–Crippen LogP) is 2.22. The first kappa shape index (κ1) is 16.2. The van der Waals surface area contributed by atoms with Crippen molar-refractivity contribution in [1.82, 2.24) is 4.31 Å². The zero-order valence-corrected chi connectivity index (χ0v) is 12.9. The molecule has 21 heavy (non-hydrogen) atoms. The van der Waals surface area contributed by atoms with Gasteiger partial charge >= 0.3 is 0 Å². The van der Waals surface area contributed by atoms with Crippen molar-refractivity contribution in [3.05, 3.63) is 29.8 Å². The van der Waals surface area contributed by atoms with Crippen LogP contribution in [0.4, 0.5) is 14.5 Å². The van der Waals surface area contributed by atoms with Crippen LogP contribution in [0, 0.1) is 11.6 Å². The monoisotopic (exact) mass is 318 g/mol. The fraction of sp³-hybridized carbons (Fsp3) is 0.571. The average Bonchev–Trinajstić information content (AvgIpc) is 2.45. The number of unbranched alkanes of at least 4 members (excludes halogenated alkanes) is 1. The highest BCUT2D eigenvalue weighted by atomic mass is 32.2. The van der Waals surface area contributed by atoms with Gasteiger partial charge in [0.1, 0.15) is 17.3 Å². The van der Waals surface area contributed by atoms with Crippen LogP contribution in [0.25, 0.3) is 0 Å². The molecule has 1 aromatic carbocycles. The Kier molecular flexibility index (Phi) is 5.16. The quantitative estimate of drug-likeness (QED) is 0.836. The minimum atomic E-state index is -3.25. The van der Waals surface area contributed by atoms with Crippen molar-refractivity contribution in [3.63, 3.8) is 0 Å². The number of benzene rings is 1. The summed E-state index contributed by atoms with van der Waals surface area (Å²) in [5.74, 6) is -1.09. The Morgan fingerprint density at radius 2 is 1.67 bits per heavy atom. The van der Waals surface area contributed by atoms with Gasteiger partial charge in [-0.15, -0.1) is 0 Å². The number of anilines is 1. The highest BCUT2D eigenvalue weighted by Crippen LogP contribution is 2.24. The van der Waals surface area contributed by atoms with Crippen molar-refractivity contribution >= 4 is 15.7 Å². The van der Waals surface area contributed by atoms with Gasteiger partial charge < -0.3 is 4.90 Å². The summed E-state index contributed by atoms with van der Waals surface area (Å²) in [6.07, 6.45) is 1.45. The van der Waals surface area contributed by atoms with Crippen LogP contribution in [0.5, 0.6) is 0 Å². The van der Waals surface area contributed by atoms with E-state index in [1.807, 2.05) is 6.92 Å². The second-order valence-corrected chi connectivity index (χ2v) is 7.21. The van der Waals surface area contributed by atoms with E-state index < -0.39 is 21.7 Å². The molecule has 7 heteroatoms. The van der Waals surface area contributed by atoms with Gasteiger partial charge in [-0.05, 0) is 18.6 Å². The lowest BCUT2D eigenvalue weighted by Gasteiger charge is -2.35. The number of nitrogens with zero attached hydrogens (tertiary/aromatic N) is 2. The van der Waals surface area contributed by atoms with Crippen LogP contribution in [0.3, 0.4) is 0 Å². The van der Waals surface area contributed by atoms with E-state index in [0.717, 1.165) is 6.42 Å². The Morgan fingerprint density at radius 1 is 1.10 bits per heavy atom. The van der Waals surface area contributed by atoms with Crippen LogP contribution >= 0.6 is 0 Å². The number of sulfonamides is 1. The summed E-state index contributed by atoms with van der Waals surface area (Å²) >= 11 is 0. The molecule has 2 rings (SSSR count). The molecular weight excluding hydrogens is 298 g/mol. The first-order valence-electron chi connectivity index (χ1n) is 7.12. The van der Waals surface area contributed by atoms with Gasteiger partial charge in [-0.25, -0.2) is 17.2 Å². The Balaban J connectivity index is 2.04. The molecule has 1 fully saturated rings. The molecule has 1 aromatic rings. The Bertz CT molecular complexity index is 564. The van der Waals surface area contributed by atoms with Crippen LogP contribution in [-0.2, 0) is 10.0 Å². The lowest BCUT2D eigenvalue weighted by Crippen LogP contribution is -2.49. The number of rotatable bonds is 5. The minimum Gasteiger partial charge on any atom is -0.364 e. The molecular formula is C14H20F2N2O2S. The topological polar surface area (TPSA) is 40.6 Å². The standard InChI is InChI=1S/C14H20F2N2O2S/c1-2-3-11-21(19,20)18-9-7-17(8-10-18)14-12(15)5-4-6-13(14)16/h4-6H,2-3,7-11H2,1H3. The predicted molar refractivity (Wildman–Crippen MR) is 78.8 cm³/mol. The van der Waals surface area contributed by atoms with Crippen LogP contribution in [-0.4, -0.2) is 44.7 Å². The van der Waals surface area contributed by atoms with Crippen LogP contribution < -0.4 is 4.90 Å². The third-order valence-corrected chi connectivity index (χ3v) is 5.60. The zero-order chi connectivity index (χ0) is 15.5. The molecule has 0 aromatic heterocycles. The summed E-state index contributed by atoms with van der Waals surface area (Å²) in [4.78, 5) is 1.57. The minimum absolute atomic E-state index is 0.0666. The number of hydrogen-bond donors (Lipinski definition) is 0. The van der Waals surface area contributed by atoms with Crippen molar-refractivity contribution in [2.45, 2.75) is 19.8 Å². The van der Waals surface area contributed by atoms with Gasteiger partial charge in [0.15, 0.2) is 0 Å². The maximum absolute atomic E-state index is 13.7. The fourth-order valence-electron chi connectivity index (χ4n) is 2.44. The molecule has 0 unspecified atom stereocenters. The third-order valence-electron chi connectivity index (χ3n) is 3.64. The van der Waals surface area contributed by atoms with Gasteiger partial charge in [0.2, 0.25) is 10.0 Å². The molecule has 0 aliphatic carbocycles. The Hall–Kier alpha value is -1.21. The highest BCUT2D eigenvalue weighted by Gasteiger charge is 2.28. The summed E-state index contributed by atoms with van der Waals surface area (Å²) in [5, 5.41) is 0. The first-order chi connectivity index (χ1) is 9.95. The molecule has 1 aliphatic heterocycles. The highest BCUT2D eigenvalue weighted by molar-refractivity contribution is 7.89. The molecule has 0 amide bonds. The third kappa shape index (κ3) is 3.71. The van der Waals surface area contributed by atoms with E-state index >= 15 is 0 Å². The maximum atomic E-state index is 13.7. The summed E-state index contributed by atoms with van der Waals surface area (Å²) in [6, 6.07) is 3.74. The second-order valence-electron chi connectivity index (χ2n) is 5.13. The van der Waals surface area contributed by atoms with Crippen molar-refractivity contribution in [2.75, 3.05) is 36.8 Å². The van der Waals surface area contributed by atoms with Gasteiger partial charge in [-0.1, -0.05) is 19.4 Å². The molecule has 1 saturated heterocycles. The number of hydrogen-bond acceptors (Lipinski definition) is 3. The van der Waals surface area contributed by atoms with Gasteiger partial charge in [0, 0.05) is 26.2 Å². The number of para-hydroxylation sites is 1. The summed E-state index contributed by atoms with van der Waals surface area (Å²) in [5.41, 5.74) is -0.0666.